The summed E-state index contributed by atoms with van der Waals surface area (Å²) in [5.74, 6) is 4.13. The van der Waals surface area contributed by atoms with Crippen molar-refractivity contribution in [2.24, 2.45) is 5.73 Å². The van der Waals surface area contributed by atoms with E-state index in [-0.39, 0.29) is 23.1 Å². The summed E-state index contributed by atoms with van der Waals surface area (Å²) in [7, 11) is 0. The van der Waals surface area contributed by atoms with Gasteiger partial charge in [0, 0.05) is 5.69 Å². The largest absolute Gasteiger partial charge is 0.440 e. The Bertz CT molecular complexity index is 701. The van der Waals surface area contributed by atoms with Crippen LogP contribution in [0.1, 0.15) is 16.1 Å². The van der Waals surface area contributed by atoms with Gasteiger partial charge in [-0.25, -0.2) is 4.39 Å². The molecule has 3 N–H and O–H groups in total. The van der Waals surface area contributed by atoms with Crippen LogP contribution >= 0.6 is 11.6 Å². The molecule has 102 valence electrons. The van der Waals surface area contributed by atoms with Crippen molar-refractivity contribution in [3.05, 3.63) is 52.7 Å². The lowest BCUT2D eigenvalue weighted by atomic mass is 10.2. The van der Waals surface area contributed by atoms with Gasteiger partial charge in [0.2, 0.25) is 0 Å². The number of halogens is 2. The summed E-state index contributed by atoms with van der Waals surface area (Å²) < 4.78 is 18.6. The summed E-state index contributed by atoms with van der Waals surface area (Å²) in [4.78, 5) is 11.8. The molecule has 1 amide bonds. The highest BCUT2D eigenvalue weighted by Gasteiger charge is 2.11. The van der Waals surface area contributed by atoms with Crippen LogP contribution in [0.5, 0.6) is 0 Å². The minimum Gasteiger partial charge on any atom is -0.440 e. The van der Waals surface area contributed by atoms with Gasteiger partial charge >= 0.3 is 0 Å². The highest BCUT2D eigenvalue weighted by molar-refractivity contribution is 6.29. The van der Waals surface area contributed by atoms with E-state index in [0.29, 0.717) is 5.69 Å². The molecule has 6 heteroatoms. The van der Waals surface area contributed by atoms with Gasteiger partial charge in [0.1, 0.15) is 5.82 Å². The van der Waals surface area contributed by atoms with Gasteiger partial charge in [-0.05, 0) is 41.9 Å². The zero-order valence-corrected chi connectivity index (χ0v) is 11.0. The number of rotatable bonds is 2. The van der Waals surface area contributed by atoms with Crippen molar-refractivity contribution in [3.8, 4) is 11.8 Å². The van der Waals surface area contributed by atoms with E-state index in [4.69, 9.17) is 21.8 Å². The fourth-order valence-electron chi connectivity index (χ4n) is 1.47. The zero-order chi connectivity index (χ0) is 14.5. The Kier molecular flexibility index (Phi) is 4.41. The van der Waals surface area contributed by atoms with Crippen LogP contribution in [0, 0.1) is 17.7 Å². The summed E-state index contributed by atoms with van der Waals surface area (Å²) in [5, 5.41) is 2.60. The van der Waals surface area contributed by atoms with Crippen LogP contribution < -0.4 is 11.1 Å². The van der Waals surface area contributed by atoms with Crippen LogP contribution in [0.25, 0.3) is 0 Å². The Hall–Kier alpha value is -2.29. The molecule has 0 saturated carbocycles. The molecule has 0 fully saturated rings. The molecule has 0 spiro atoms. The topological polar surface area (TPSA) is 68.3 Å². The van der Waals surface area contributed by atoms with Crippen LogP contribution in [0.3, 0.4) is 0 Å². The fourth-order valence-corrected chi connectivity index (χ4v) is 1.62. The normalized spacial score (nSPS) is 9.75. The van der Waals surface area contributed by atoms with Crippen molar-refractivity contribution in [2.75, 3.05) is 11.9 Å². The smallest absolute Gasteiger partial charge is 0.291 e. The number of benzene rings is 1. The highest BCUT2D eigenvalue weighted by atomic mass is 35.5. The molecule has 0 radical (unpaired) electrons. The monoisotopic (exact) mass is 292 g/mol. The lowest BCUT2D eigenvalue weighted by molar-refractivity contribution is 0.0997. The molecular weight excluding hydrogens is 283 g/mol. The summed E-state index contributed by atoms with van der Waals surface area (Å²) >= 11 is 5.57. The van der Waals surface area contributed by atoms with E-state index < -0.39 is 11.7 Å². The Labute approximate surface area is 119 Å². The standard InChI is InChI=1S/C14H10ClFN2O2/c15-13-6-5-12(20-13)14(19)18-10-4-3-9(2-1-7-17)11(16)8-10/h3-6,8H,7,17H2,(H,18,19). The third-order valence-corrected chi connectivity index (χ3v) is 2.55. The first-order chi connectivity index (χ1) is 9.60. The average molecular weight is 293 g/mol. The van der Waals surface area contributed by atoms with Gasteiger partial charge in [0.05, 0.1) is 12.1 Å². The summed E-state index contributed by atoms with van der Waals surface area (Å²) in [5.41, 5.74) is 5.72. The summed E-state index contributed by atoms with van der Waals surface area (Å²) in [6.45, 7) is 0.150. The van der Waals surface area contributed by atoms with Crippen molar-refractivity contribution in [1.29, 1.82) is 0 Å². The Morgan fingerprint density at radius 3 is 2.80 bits per heavy atom. The van der Waals surface area contributed by atoms with Gasteiger partial charge in [0.25, 0.3) is 5.91 Å². The minimum absolute atomic E-state index is 0.0439. The molecule has 2 aromatic rings. The first-order valence-corrected chi connectivity index (χ1v) is 6.03. The lowest BCUT2D eigenvalue weighted by Gasteiger charge is -2.04. The molecule has 0 unspecified atom stereocenters. The number of nitrogens with two attached hydrogens (primary N) is 1. The predicted octanol–water partition coefficient (Wildman–Crippen LogP) is 2.63. The zero-order valence-electron chi connectivity index (χ0n) is 10.2. The number of carbonyl (C=O) groups excluding carboxylic acids is 1. The number of carbonyl (C=O) groups is 1. The lowest BCUT2D eigenvalue weighted by Crippen LogP contribution is -2.11. The van der Waals surface area contributed by atoms with Crippen molar-refractivity contribution < 1.29 is 13.6 Å². The van der Waals surface area contributed by atoms with Gasteiger partial charge < -0.3 is 15.5 Å². The SMILES string of the molecule is NCC#Cc1ccc(NC(=O)c2ccc(Cl)o2)cc1F. The number of nitrogens with one attached hydrogen (secondary N) is 1. The van der Waals surface area contributed by atoms with Crippen LogP contribution in [-0.2, 0) is 0 Å². The number of amides is 1. The van der Waals surface area contributed by atoms with Gasteiger partial charge in [0.15, 0.2) is 11.0 Å². The minimum atomic E-state index is -0.541. The van der Waals surface area contributed by atoms with Crippen molar-refractivity contribution in [2.45, 2.75) is 0 Å². The number of furan rings is 1. The fraction of sp³-hybridized carbons (Fsp3) is 0.0714. The van der Waals surface area contributed by atoms with Crippen LogP contribution in [0.2, 0.25) is 5.22 Å². The molecule has 20 heavy (non-hydrogen) atoms. The van der Waals surface area contributed by atoms with E-state index >= 15 is 0 Å². The number of anilines is 1. The van der Waals surface area contributed by atoms with E-state index in [1.807, 2.05) is 0 Å². The third kappa shape index (κ3) is 3.38. The Balaban J connectivity index is 2.14. The maximum atomic E-state index is 13.7. The average Bonchev–Trinajstić information content (AvgIpc) is 2.85. The molecule has 0 aliphatic carbocycles. The van der Waals surface area contributed by atoms with Gasteiger partial charge in [-0.15, -0.1) is 0 Å². The van der Waals surface area contributed by atoms with E-state index in [1.54, 1.807) is 0 Å². The summed E-state index contributed by atoms with van der Waals surface area (Å²) in [6.07, 6.45) is 0. The molecule has 4 nitrogen and oxygen atoms in total. The van der Waals surface area contributed by atoms with Crippen LogP contribution in [-0.4, -0.2) is 12.5 Å². The third-order valence-electron chi connectivity index (χ3n) is 2.35. The molecule has 0 aliphatic heterocycles. The van der Waals surface area contributed by atoms with Gasteiger partial charge in [-0.3, -0.25) is 4.79 Å². The van der Waals surface area contributed by atoms with E-state index in [0.717, 1.165) is 0 Å². The first-order valence-electron chi connectivity index (χ1n) is 5.65. The number of hydrogen-bond acceptors (Lipinski definition) is 3. The van der Waals surface area contributed by atoms with E-state index in [1.165, 1.54) is 30.3 Å². The Morgan fingerprint density at radius 1 is 1.40 bits per heavy atom. The quantitative estimate of drug-likeness (QED) is 0.836. The molecule has 0 saturated heterocycles. The van der Waals surface area contributed by atoms with Gasteiger partial charge in [-0.2, -0.15) is 0 Å². The molecule has 0 bridgehead atoms. The van der Waals surface area contributed by atoms with Crippen molar-refractivity contribution in [1.82, 2.24) is 0 Å². The van der Waals surface area contributed by atoms with E-state index in [9.17, 15) is 9.18 Å². The molecule has 1 aromatic heterocycles. The van der Waals surface area contributed by atoms with Crippen LogP contribution in [0.15, 0.2) is 34.7 Å². The predicted molar refractivity (Wildman–Crippen MR) is 74.0 cm³/mol. The maximum absolute atomic E-state index is 13.7. The molecular formula is C14H10ClFN2O2. The second-order valence-corrected chi connectivity index (χ2v) is 4.13. The molecule has 2 rings (SSSR count). The first kappa shape index (κ1) is 14.1. The Morgan fingerprint density at radius 2 is 2.20 bits per heavy atom. The maximum Gasteiger partial charge on any atom is 0.291 e. The second-order valence-electron chi connectivity index (χ2n) is 3.76. The second kappa shape index (κ2) is 6.24. The van der Waals surface area contributed by atoms with E-state index in [2.05, 4.69) is 17.2 Å². The van der Waals surface area contributed by atoms with Gasteiger partial charge in [-0.1, -0.05) is 11.8 Å². The molecule has 1 aromatic carbocycles. The molecule has 0 aliphatic rings. The summed E-state index contributed by atoms with van der Waals surface area (Å²) in [6, 6.07) is 7.04. The number of hydrogen-bond donors (Lipinski definition) is 2. The van der Waals surface area contributed by atoms with Crippen molar-refractivity contribution in [3.63, 3.8) is 0 Å². The molecule has 0 atom stereocenters. The highest BCUT2D eigenvalue weighted by Crippen LogP contribution is 2.17. The van der Waals surface area contributed by atoms with Crippen LogP contribution in [0.4, 0.5) is 10.1 Å². The molecule has 1 heterocycles. The van der Waals surface area contributed by atoms with Crippen molar-refractivity contribution >= 4 is 23.2 Å².